The maximum atomic E-state index is 6.46. The van der Waals surface area contributed by atoms with Crippen molar-refractivity contribution in [3.8, 4) is 23.0 Å². The summed E-state index contributed by atoms with van der Waals surface area (Å²) in [6.07, 6.45) is 0. The molecule has 5 aromatic rings. The van der Waals surface area contributed by atoms with Gasteiger partial charge in [-0.2, -0.15) is 0 Å². The summed E-state index contributed by atoms with van der Waals surface area (Å²) in [5.74, 6) is 3.58. The van der Waals surface area contributed by atoms with Gasteiger partial charge in [0.25, 0.3) is 0 Å². The molecule has 0 saturated heterocycles. The minimum absolute atomic E-state index is 0.238. The number of hydrogen-bond donors (Lipinski definition) is 0. The van der Waals surface area contributed by atoms with E-state index >= 15 is 0 Å². The van der Waals surface area contributed by atoms with Crippen molar-refractivity contribution < 1.29 is 9.47 Å². The predicted molar refractivity (Wildman–Crippen MR) is 160 cm³/mol. The van der Waals surface area contributed by atoms with Gasteiger partial charge >= 0.3 is 0 Å². The summed E-state index contributed by atoms with van der Waals surface area (Å²) in [7, 11) is 0. The van der Waals surface area contributed by atoms with E-state index < -0.39 is 0 Å². The van der Waals surface area contributed by atoms with Gasteiger partial charge in [-0.05, 0) is 70.8 Å². The van der Waals surface area contributed by atoms with Crippen molar-refractivity contribution >= 4 is 34.1 Å². The van der Waals surface area contributed by atoms with Crippen molar-refractivity contribution in [2.24, 2.45) is 0 Å². The molecule has 4 aliphatic rings. The van der Waals surface area contributed by atoms with Crippen LogP contribution in [0.4, 0.5) is 34.1 Å². The molecule has 0 N–H and O–H groups in total. The molecule has 0 saturated carbocycles. The standard InChI is InChI=1S/C36H28N2O2/c1-35(2)21-11-9-17-31-33(21)37(25-13-5-7-15-29(25)39-31)27-20-24-28(19-23(27)35)38-26-14-6-8-16-30(26)40-32-18-10-12-22(34(32)38)36(24,3)4/h5-20H,1-4H3. The maximum Gasteiger partial charge on any atom is 0.151 e. The first kappa shape index (κ1) is 22.2. The van der Waals surface area contributed by atoms with Crippen LogP contribution in [-0.2, 0) is 10.8 Å². The Morgan fingerprint density at radius 1 is 0.425 bits per heavy atom. The molecule has 9 rings (SSSR count). The fourth-order valence-electron chi connectivity index (χ4n) is 7.35. The number of nitrogens with zero attached hydrogens (tertiary/aromatic N) is 2. The summed E-state index contributed by atoms with van der Waals surface area (Å²) in [6, 6.07) is 34.6. The number of benzene rings is 5. The van der Waals surface area contributed by atoms with Crippen molar-refractivity contribution in [3.05, 3.63) is 119 Å². The van der Waals surface area contributed by atoms with Crippen LogP contribution in [0.25, 0.3) is 0 Å². The van der Waals surface area contributed by atoms with Gasteiger partial charge in [0.15, 0.2) is 23.0 Å². The highest BCUT2D eigenvalue weighted by Crippen LogP contribution is 2.64. The molecule has 4 heteroatoms. The molecule has 5 aromatic carbocycles. The Morgan fingerprint density at radius 3 is 1.27 bits per heavy atom. The van der Waals surface area contributed by atoms with Gasteiger partial charge < -0.3 is 19.3 Å². The van der Waals surface area contributed by atoms with Crippen LogP contribution < -0.4 is 19.3 Å². The summed E-state index contributed by atoms with van der Waals surface area (Å²) in [5.41, 5.74) is 11.5. The number of anilines is 6. The Bertz CT molecular complexity index is 1800. The summed E-state index contributed by atoms with van der Waals surface area (Å²) in [4.78, 5) is 4.86. The number of para-hydroxylation sites is 6. The quantitative estimate of drug-likeness (QED) is 0.199. The van der Waals surface area contributed by atoms with E-state index in [1.165, 1.54) is 33.6 Å². The Hall–Kier alpha value is -4.70. The molecule has 0 aliphatic carbocycles. The molecule has 4 heterocycles. The zero-order valence-electron chi connectivity index (χ0n) is 22.9. The van der Waals surface area contributed by atoms with Crippen molar-refractivity contribution in [2.45, 2.75) is 38.5 Å². The molecular weight excluding hydrogens is 492 g/mol. The van der Waals surface area contributed by atoms with Gasteiger partial charge in [0.05, 0.1) is 34.1 Å². The molecule has 0 radical (unpaired) electrons. The second kappa shape index (κ2) is 7.08. The van der Waals surface area contributed by atoms with Crippen LogP contribution in [0, 0.1) is 0 Å². The van der Waals surface area contributed by atoms with Crippen LogP contribution in [0.3, 0.4) is 0 Å². The second-order valence-electron chi connectivity index (χ2n) is 12.3. The molecule has 0 aromatic heterocycles. The van der Waals surface area contributed by atoms with Crippen LogP contribution in [-0.4, -0.2) is 0 Å². The zero-order chi connectivity index (χ0) is 27.0. The Morgan fingerprint density at radius 2 is 0.825 bits per heavy atom. The monoisotopic (exact) mass is 520 g/mol. The topological polar surface area (TPSA) is 24.9 Å². The van der Waals surface area contributed by atoms with Gasteiger partial charge in [0.1, 0.15) is 0 Å². The van der Waals surface area contributed by atoms with Crippen LogP contribution in [0.1, 0.15) is 49.9 Å². The second-order valence-corrected chi connectivity index (χ2v) is 12.3. The third-order valence-corrected chi connectivity index (χ3v) is 9.39. The molecule has 0 atom stereocenters. The molecular formula is C36H28N2O2. The summed E-state index contributed by atoms with van der Waals surface area (Å²) in [6.45, 7) is 9.36. The van der Waals surface area contributed by atoms with E-state index in [9.17, 15) is 0 Å². The molecule has 0 spiro atoms. The van der Waals surface area contributed by atoms with Crippen molar-refractivity contribution in [2.75, 3.05) is 9.80 Å². The first-order valence-corrected chi connectivity index (χ1v) is 14.0. The highest BCUT2D eigenvalue weighted by Gasteiger charge is 2.46. The van der Waals surface area contributed by atoms with Gasteiger partial charge in [-0.1, -0.05) is 76.2 Å². The van der Waals surface area contributed by atoms with Gasteiger partial charge in [0.2, 0.25) is 0 Å². The Kier molecular flexibility index (Phi) is 3.92. The van der Waals surface area contributed by atoms with Crippen LogP contribution >= 0.6 is 0 Å². The molecule has 4 nitrogen and oxygen atoms in total. The maximum absolute atomic E-state index is 6.46. The molecule has 40 heavy (non-hydrogen) atoms. The fraction of sp³-hybridized carbons (Fsp3) is 0.167. The van der Waals surface area contributed by atoms with E-state index in [-0.39, 0.29) is 10.8 Å². The first-order chi connectivity index (χ1) is 19.4. The van der Waals surface area contributed by atoms with Crippen LogP contribution in [0.15, 0.2) is 97.1 Å². The van der Waals surface area contributed by atoms with Crippen molar-refractivity contribution in [3.63, 3.8) is 0 Å². The molecule has 0 bridgehead atoms. The SMILES string of the molecule is CC1(C)c2cc3c(cc2N2c4ccccc4Oc4cccc1c42)C(C)(C)c1cccc2c1N3c1ccccc1O2. The third-order valence-electron chi connectivity index (χ3n) is 9.39. The smallest absolute Gasteiger partial charge is 0.151 e. The van der Waals surface area contributed by atoms with E-state index in [1.54, 1.807) is 0 Å². The molecule has 0 amide bonds. The summed E-state index contributed by atoms with van der Waals surface area (Å²) < 4.78 is 12.9. The van der Waals surface area contributed by atoms with Gasteiger partial charge in [0, 0.05) is 10.8 Å². The van der Waals surface area contributed by atoms with E-state index in [0.29, 0.717) is 0 Å². The van der Waals surface area contributed by atoms with Crippen LogP contribution in [0.5, 0.6) is 23.0 Å². The summed E-state index contributed by atoms with van der Waals surface area (Å²) >= 11 is 0. The van der Waals surface area contributed by atoms with Crippen molar-refractivity contribution in [1.82, 2.24) is 0 Å². The first-order valence-electron chi connectivity index (χ1n) is 14.0. The minimum Gasteiger partial charge on any atom is -0.453 e. The zero-order valence-corrected chi connectivity index (χ0v) is 22.9. The molecule has 194 valence electrons. The predicted octanol–water partition coefficient (Wildman–Crippen LogP) is 10.1. The van der Waals surface area contributed by atoms with E-state index in [2.05, 4.69) is 122 Å². The van der Waals surface area contributed by atoms with Crippen molar-refractivity contribution in [1.29, 1.82) is 0 Å². The number of ether oxygens (including phenoxy) is 2. The van der Waals surface area contributed by atoms with Crippen LogP contribution in [0.2, 0.25) is 0 Å². The lowest BCUT2D eigenvalue weighted by Crippen LogP contribution is -2.36. The van der Waals surface area contributed by atoms with E-state index in [1.807, 2.05) is 12.1 Å². The fourth-order valence-corrected chi connectivity index (χ4v) is 7.35. The van der Waals surface area contributed by atoms with Gasteiger partial charge in [-0.15, -0.1) is 0 Å². The third kappa shape index (κ3) is 2.52. The Labute approximate surface area is 234 Å². The number of rotatable bonds is 0. The average Bonchev–Trinajstić information content (AvgIpc) is 2.96. The average molecular weight is 521 g/mol. The number of fused-ring (bicyclic) bond motifs is 8. The Balaban J connectivity index is 1.39. The van der Waals surface area contributed by atoms with Gasteiger partial charge in [-0.3, -0.25) is 0 Å². The lowest BCUT2D eigenvalue weighted by molar-refractivity contribution is 0.469. The highest BCUT2D eigenvalue weighted by atomic mass is 16.5. The summed E-state index contributed by atoms with van der Waals surface area (Å²) in [5, 5.41) is 0. The van der Waals surface area contributed by atoms with E-state index in [4.69, 9.17) is 9.47 Å². The highest BCUT2D eigenvalue weighted by molar-refractivity contribution is 5.98. The molecule has 0 unspecified atom stereocenters. The largest absolute Gasteiger partial charge is 0.453 e. The minimum atomic E-state index is -0.238. The number of hydrogen-bond acceptors (Lipinski definition) is 4. The van der Waals surface area contributed by atoms with Gasteiger partial charge in [-0.25, -0.2) is 0 Å². The molecule has 0 fully saturated rings. The lowest BCUT2D eigenvalue weighted by atomic mass is 9.68. The van der Waals surface area contributed by atoms with E-state index in [0.717, 1.165) is 45.7 Å². The normalized spacial score (nSPS) is 17.2. The molecule has 4 aliphatic heterocycles. The lowest BCUT2D eigenvalue weighted by Gasteiger charge is -2.49.